The number of piperidine rings is 2. The van der Waals surface area contributed by atoms with E-state index in [1.54, 1.807) is 11.0 Å². The van der Waals surface area contributed by atoms with E-state index in [1.165, 1.54) is 34.8 Å². The molecule has 2 aromatic carbocycles. The first-order valence-corrected chi connectivity index (χ1v) is 15.9. The number of nitro benzene ring substituents is 2. The van der Waals surface area contributed by atoms with E-state index in [4.69, 9.17) is 0 Å². The number of non-ortho nitro benzene ring substituents is 2. The average molecular weight is 616 g/mol. The number of hydrogen-bond donors (Lipinski definition) is 1. The van der Waals surface area contributed by atoms with Gasteiger partial charge in [0.15, 0.2) is 0 Å². The predicted molar refractivity (Wildman–Crippen MR) is 163 cm³/mol. The van der Waals surface area contributed by atoms with Gasteiger partial charge in [0, 0.05) is 74.8 Å². The quantitative estimate of drug-likeness (QED) is 0.221. The fourth-order valence-electron chi connectivity index (χ4n) is 5.58. The molecule has 2 fully saturated rings. The summed E-state index contributed by atoms with van der Waals surface area (Å²) in [6.07, 6.45) is 5.50. The van der Waals surface area contributed by atoms with Crippen LogP contribution in [0.1, 0.15) is 51.5 Å². The molecule has 0 radical (unpaired) electrons. The molecule has 0 spiro atoms. The zero-order valence-corrected chi connectivity index (χ0v) is 25.2. The summed E-state index contributed by atoms with van der Waals surface area (Å²) in [7, 11) is -4.27. The van der Waals surface area contributed by atoms with Gasteiger partial charge in [-0.1, -0.05) is 0 Å². The van der Waals surface area contributed by atoms with E-state index < -0.39 is 31.5 Å². The lowest BCUT2D eigenvalue weighted by atomic mass is 9.98. The first-order valence-electron chi connectivity index (χ1n) is 14.5. The largest absolute Gasteiger partial charge is 0.371 e. The Morgan fingerprint density at radius 1 is 1.00 bits per heavy atom. The molecule has 0 unspecified atom stereocenters. The van der Waals surface area contributed by atoms with Gasteiger partial charge in [-0.2, -0.15) is 9.41 Å². The van der Waals surface area contributed by atoms with Crippen molar-refractivity contribution in [3.8, 4) is 0 Å². The van der Waals surface area contributed by atoms with Crippen molar-refractivity contribution in [3.05, 3.63) is 62.2 Å². The Morgan fingerprint density at radius 2 is 1.65 bits per heavy atom. The number of carbonyl (C=O) groups is 1. The second-order valence-electron chi connectivity index (χ2n) is 10.6. The minimum atomic E-state index is -4.27. The molecule has 1 amide bonds. The van der Waals surface area contributed by atoms with E-state index >= 15 is 0 Å². The fraction of sp³-hybridized carbons (Fsp3) is 0.500. The van der Waals surface area contributed by atoms with Gasteiger partial charge >= 0.3 is 0 Å². The Labute approximate surface area is 250 Å². The maximum Gasteiger partial charge on any atom is 0.270 e. The highest BCUT2D eigenvalue weighted by molar-refractivity contribution is 7.89. The maximum absolute atomic E-state index is 13.9. The summed E-state index contributed by atoms with van der Waals surface area (Å²) in [5.41, 5.74) is 3.43. The molecule has 1 N–H and O–H groups in total. The fourth-order valence-corrected chi connectivity index (χ4v) is 7.26. The number of anilines is 2. The van der Waals surface area contributed by atoms with E-state index in [0.717, 1.165) is 44.1 Å². The standard InChI is InChI=1S/C28H37N7O7S/c1-3-31(4-2)28(36)21-9-8-16-33(20-21)43(41,42)27-18-24(35(39)40)10-12-25(27)30-29-19-22-17-23(34(37)38)11-13-26(22)32-14-6-5-7-15-32/h10-13,17-19,21,30H,3-9,14-16,20H2,1-2H3/b29-19-/t21-/m0/s1. The van der Waals surface area contributed by atoms with Crippen LogP contribution in [-0.4, -0.2) is 78.9 Å². The lowest BCUT2D eigenvalue weighted by Gasteiger charge is -2.34. The van der Waals surface area contributed by atoms with E-state index in [0.29, 0.717) is 31.5 Å². The van der Waals surface area contributed by atoms with Crippen LogP contribution in [0, 0.1) is 26.1 Å². The number of benzene rings is 2. The van der Waals surface area contributed by atoms with Gasteiger partial charge in [-0.05, 0) is 58.1 Å². The molecule has 2 saturated heterocycles. The number of nitro groups is 2. The van der Waals surface area contributed by atoms with Crippen LogP contribution in [0.3, 0.4) is 0 Å². The molecular formula is C28H37N7O7S. The molecule has 4 rings (SSSR count). The summed E-state index contributed by atoms with van der Waals surface area (Å²) in [5, 5.41) is 27.2. The summed E-state index contributed by atoms with van der Waals surface area (Å²) in [5.74, 6) is -0.632. The second-order valence-corrected chi connectivity index (χ2v) is 12.5. The minimum absolute atomic E-state index is 0.00370. The molecule has 14 nitrogen and oxygen atoms in total. The van der Waals surface area contributed by atoms with Crippen molar-refractivity contribution >= 4 is 44.9 Å². The number of carbonyl (C=O) groups excluding carboxylic acids is 1. The van der Waals surface area contributed by atoms with E-state index in [2.05, 4.69) is 15.4 Å². The Kier molecular flexibility index (Phi) is 10.3. The van der Waals surface area contributed by atoms with Gasteiger partial charge in [-0.3, -0.25) is 30.4 Å². The molecule has 15 heteroatoms. The number of nitrogens with zero attached hydrogens (tertiary/aromatic N) is 6. The molecule has 0 aromatic heterocycles. The molecule has 0 aliphatic carbocycles. The van der Waals surface area contributed by atoms with E-state index in [-0.39, 0.29) is 35.3 Å². The van der Waals surface area contributed by atoms with Crippen LogP contribution in [-0.2, 0) is 14.8 Å². The molecule has 232 valence electrons. The van der Waals surface area contributed by atoms with Gasteiger partial charge < -0.3 is 9.80 Å². The van der Waals surface area contributed by atoms with Gasteiger partial charge in [0.05, 0.1) is 27.7 Å². The predicted octanol–water partition coefficient (Wildman–Crippen LogP) is 4.21. The summed E-state index contributed by atoms with van der Waals surface area (Å²) < 4.78 is 29.0. The van der Waals surface area contributed by atoms with Crippen LogP contribution < -0.4 is 10.3 Å². The topological polar surface area (TPSA) is 172 Å². The number of amides is 1. The Bertz CT molecular complexity index is 1490. The molecular weight excluding hydrogens is 578 g/mol. The van der Waals surface area contributed by atoms with Gasteiger partial charge in [0.2, 0.25) is 15.9 Å². The normalized spacial score (nSPS) is 18.0. The summed E-state index contributed by atoms with van der Waals surface area (Å²) in [4.78, 5) is 38.3. The molecule has 2 aromatic rings. The van der Waals surface area contributed by atoms with E-state index in [9.17, 15) is 33.4 Å². The van der Waals surface area contributed by atoms with Crippen LogP contribution in [0.2, 0.25) is 0 Å². The van der Waals surface area contributed by atoms with Crippen molar-refractivity contribution in [3.63, 3.8) is 0 Å². The maximum atomic E-state index is 13.9. The Balaban J connectivity index is 1.65. The van der Waals surface area contributed by atoms with Crippen LogP contribution in [0.25, 0.3) is 0 Å². The lowest BCUT2D eigenvalue weighted by molar-refractivity contribution is -0.385. The monoisotopic (exact) mass is 615 g/mol. The lowest BCUT2D eigenvalue weighted by Crippen LogP contribution is -2.46. The van der Waals surface area contributed by atoms with Gasteiger partial charge in [-0.15, -0.1) is 0 Å². The third kappa shape index (κ3) is 7.28. The van der Waals surface area contributed by atoms with Gasteiger partial charge in [0.1, 0.15) is 4.90 Å². The molecule has 2 aliphatic rings. The van der Waals surface area contributed by atoms with Crippen LogP contribution in [0.5, 0.6) is 0 Å². The highest BCUT2D eigenvalue weighted by atomic mass is 32.2. The first kappa shape index (κ1) is 31.8. The second kappa shape index (κ2) is 13.9. The smallest absolute Gasteiger partial charge is 0.270 e. The third-order valence-electron chi connectivity index (χ3n) is 7.91. The van der Waals surface area contributed by atoms with Crippen molar-refractivity contribution in [1.29, 1.82) is 0 Å². The SMILES string of the molecule is CCN(CC)C(=O)[C@H]1CCCN(S(=O)(=O)c2cc([N+](=O)[O-])ccc2N/N=C\c2cc([N+](=O)[O-])ccc2N2CCCCC2)C1. The number of rotatable bonds is 11. The van der Waals surface area contributed by atoms with Crippen molar-refractivity contribution in [2.75, 3.05) is 49.6 Å². The zero-order chi connectivity index (χ0) is 31.1. The van der Waals surface area contributed by atoms with E-state index in [1.807, 2.05) is 13.8 Å². The van der Waals surface area contributed by atoms with Gasteiger partial charge in [0.25, 0.3) is 11.4 Å². The average Bonchev–Trinajstić information content (AvgIpc) is 3.02. The molecule has 2 aliphatic heterocycles. The number of nitrogens with one attached hydrogen (secondary N) is 1. The van der Waals surface area contributed by atoms with Crippen LogP contribution >= 0.6 is 0 Å². The van der Waals surface area contributed by atoms with Crippen molar-refractivity contribution in [1.82, 2.24) is 9.21 Å². The molecule has 1 atom stereocenters. The summed E-state index contributed by atoms with van der Waals surface area (Å²) in [6, 6.07) is 7.94. The van der Waals surface area contributed by atoms with Crippen molar-refractivity contribution < 1.29 is 23.1 Å². The number of sulfonamides is 1. The molecule has 2 heterocycles. The zero-order valence-electron chi connectivity index (χ0n) is 24.3. The molecule has 43 heavy (non-hydrogen) atoms. The Hall–Kier alpha value is -4.11. The first-order chi connectivity index (χ1) is 20.6. The third-order valence-corrected chi connectivity index (χ3v) is 9.81. The highest BCUT2D eigenvalue weighted by Gasteiger charge is 2.36. The molecule has 0 bridgehead atoms. The number of hydrazone groups is 1. The highest BCUT2D eigenvalue weighted by Crippen LogP contribution is 2.32. The summed E-state index contributed by atoms with van der Waals surface area (Å²) in [6.45, 7) is 6.49. The van der Waals surface area contributed by atoms with Crippen molar-refractivity contribution in [2.24, 2.45) is 11.0 Å². The Morgan fingerprint density at radius 3 is 2.30 bits per heavy atom. The summed E-state index contributed by atoms with van der Waals surface area (Å²) >= 11 is 0. The minimum Gasteiger partial charge on any atom is -0.371 e. The van der Waals surface area contributed by atoms with Crippen LogP contribution in [0.15, 0.2) is 46.4 Å². The van der Waals surface area contributed by atoms with Gasteiger partial charge in [-0.25, -0.2) is 8.42 Å². The molecule has 0 saturated carbocycles. The van der Waals surface area contributed by atoms with Crippen LogP contribution in [0.4, 0.5) is 22.7 Å². The van der Waals surface area contributed by atoms with Crippen molar-refractivity contribution in [2.45, 2.75) is 50.8 Å². The number of hydrogen-bond acceptors (Lipinski definition) is 10.